The average Bonchev–Trinajstić information content (AvgIpc) is 2.44. The molecule has 0 unspecified atom stereocenters. The number of hydrogen-bond acceptors (Lipinski definition) is 4. The van der Waals surface area contributed by atoms with Crippen molar-refractivity contribution in [3.63, 3.8) is 0 Å². The second-order valence-corrected chi connectivity index (χ2v) is 3.92. The first kappa shape index (κ1) is 18.2. The van der Waals surface area contributed by atoms with E-state index in [9.17, 15) is 0 Å². The van der Waals surface area contributed by atoms with E-state index in [0.29, 0.717) is 6.67 Å². The summed E-state index contributed by atoms with van der Waals surface area (Å²) < 4.78 is 3.96. The lowest BCUT2D eigenvalue weighted by molar-refractivity contribution is -0.913. The molecular weight excluding hydrogens is 268 g/mol. The van der Waals surface area contributed by atoms with Gasteiger partial charge in [-0.3, -0.25) is 0 Å². The zero-order valence-electron chi connectivity index (χ0n) is 12.2. The van der Waals surface area contributed by atoms with Crippen molar-refractivity contribution in [3.8, 4) is 0 Å². The van der Waals surface area contributed by atoms with Crippen molar-refractivity contribution in [2.75, 3.05) is 0 Å². The average molecular weight is 288 g/mol. The number of nitrogens with zero attached hydrogens (tertiary/aromatic N) is 4. The summed E-state index contributed by atoms with van der Waals surface area (Å²) in [6, 6.07) is 7.42. The number of hydrogen-bond donors (Lipinski definition) is 2. The van der Waals surface area contributed by atoms with Crippen LogP contribution in [0.5, 0.6) is 0 Å². The van der Waals surface area contributed by atoms with Gasteiger partial charge < -0.3 is 25.3 Å². The lowest BCUT2D eigenvalue weighted by atomic mass is 10.3. The Morgan fingerprint density at radius 3 is 1.38 bits per heavy atom. The summed E-state index contributed by atoms with van der Waals surface area (Å²) in [5.74, 6) is 0. The van der Waals surface area contributed by atoms with Crippen molar-refractivity contribution >= 4 is 12.4 Å². The fraction of sp³-hybridized carbons (Fsp3) is 0.0667. The molecule has 2 rings (SSSR count). The summed E-state index contributed by atoms with van der Waals surface area (Å²) >= 11 is 0. The summed E-state index contributed by atoms with van der Waals surface area (Å²) in [7, 11) is 0. The normalized spacial score (nSPS) is 10.3. The number of rotatable bonds is 4. The van der Waals surface area contributed by atoms with Crippen molar-refractivity contribution in [1.82, 2.24) is 0 Å². The second kappa shape index (κ2) is 9.19. The van der Waals surface area contributed by atoms with Crippen molar-refractivity contribution in [3.05, 3.63) is 75.0 Å². The van der Waals surface area contributed by atoms with Crippen LogP contribution in [0.2, 0.25) is 0 Å². The Hall–Kier alpha value is -2.76. The SMILES string of the molecule is ON=Cc1cc[n+](C[n+]2ccc(C=NO)cc2)cc1.[CH3-].[CH3-]. The Morgan fingerprint density at radius 2 is 1.10 bits per heavy atom. The molecule has 2 heterocycles. The lowest BCUT2D eigenvalue weighted by Gasteiger charge is -1.95. The third-order valence-electron chi connectivity index (χ3n) is 2.57. The molecule has 0 fully saturated rings. The van der Waals surface area contributed by atoms with Gasteiger partial charge in [0.15, 0.2) is 24.8 Å². The largest absolute Gasteiger partial charge is 0.411 e. The summed E-state index contributed by atoms with van der Waals surface area (Å²) in [6.07, 6.45) is 10.3. The molecule has 0 aliphatic heterocycles. The van der Waals surface area contributed by atoms with E-state index in [0.717, 1.165) is 11.1 Å². The maximum Gasteiger partial charge on any atom is 0.343 e. The van der Waals surface area contributed by atoms with Gasteiger partial charge in [-0.05, 0) is 0 Å². The zero-order chi connectivity index (χ0) is 13.5. The van der Waals surface area contributed by atoms with E-state index < -0.39 is 0 Å². The molecule has 0 spiro atoms. The topological polar surface area (TPSA) is 72.9 Å². The third kappa shape index (κ3) is 5.40. The van der Waals surface area contributed by atoms with Gasteiger partial charge in [0, 0.05) is 35.4 Å². The van der Waals surface area contributed by atoms with Crippen LogP contribution >= 0.6 is 0 Å². The number of oxime groups is 2. The lowest BCUT2D eigenvalue weighted by Crippen LogP contribution is -2.50. The van der Waals surface area contributed by atoms with Crippen LogP contribution in [0.15, 0.2) is 59.4 Å². The second-order valence-electron chi connectivity index (χ2n) is 3.92. The minimum absolute atomic E-state index is 0. The first-order chi connectivity index (χ1) is 9.31. The van der Waals surface area contributed by atoms with Gasteiger partial charge in [0.2, 0.25) is 0 Å². The minimum Gasteiger partial charge on any atom is -0.411 e. The van der Waals surface area contributed by atoms with E-state index in [1.54, 1.807) is 0 Å². The van der Waals surface area contributed by atoms with E-state index in [1.807, 2.05) is 58.2 Å². The maximum atomic E-state index is 8.42. The molecule has 0 bridgehead atoms. The van der Waals surface area contributed by atoms with Crippen LogP contribution in [0.3, 0.4) is 0 Å². The fourth-order valence-electron chi connectivity index (χ4n) is 1.62. The molecule has 2 aromatic heterocycles. The molecular formula is C15H20N4O2. The van der Waals surface area contributed by atoms with Crippen molar-refractivity contribution in [1.29, 1.82) is 0 Å². The summed E-state index contributed by atoms with van der Waals surface area (Å²) in [6.45, 7) is 0.660. The molecule has 2 aromatic rings. The van der Waals surface area contributed by atoms with Crippen LogP contribution in [-0.2, 0) is 6.67 Å². The number of aromatic nitrogens is 2. The Labute approximate surface area is 124 Å². The highest BCUT2D eigenvalue weighted by Gasteiger charge is 2.07. The van der Waals surface area contributed by atoms with Crippen LogP contribution < -0.4 is 9.13 Å². The van der Waals surface area contributed by atoms with Crippen molar-refractivity contribution < 1.29 is 19.5 Å². The molecule has 0 radical (unpaired) electrons. The highest BCUT2D eigenvalue weighted by Crippen LogP contribution is 1.91. The Bertz CT molecular complexity index is 524. The predicted octanol–water partition coefficient (Wildman–Crippen LogP) is 1.28. The fourth-order valence-corrected chi connectivity index (χ4v) is 1.62. The zero-order valence-corrected chi connectivity index (χ0v) is 12.2. The van der Waals surface area contributed by atoms with E-state index in [2.05, 4.69) is 10.3 Å². The number of pyridine rings is 2. The van der Waals surface area contributed by atoms with E-state index in [4.69, 9.17) is 10.4 Å². The molecule has 6 heteroatoms. The summed E-state index contributed by atoms with van der Waals surface area (Å²) in [5, 5.41) is 22.8. The first-order valence-corrected chi connectivity index (χ1v) is 5.65. The van der Waals surface area contributed by atoms with Crippen LogP contribution in [0.1, 0.15) is 11.1 Å². The smallest absolute Gasteiger partial charge is 0.343 e. The van der Waals surface area contributed by atoms with Crippen LogP contribution in [-0.4, -0.2) is 22.8 Å². The Kier molecular flexibility index (Phi) is 7.98. The quantitative estimate of drug-likeness (QED) is 0.292. The minimum atomic E-state index is 0. The molecule has 0 saturated heterocycles. The standard InChI is InChI=1S/C13H12N4O2.2CH3/c18-14-9-12-1-5-16(6-2-12)11-17-7-3-13(4-8-17)10-15-19;;/h1-10H,11H2;2*1H3/q;2*-1/p+2. The molecule has 0 aromatic carbocycles. The van der Waals surface area contributed by atoms with E-state index >= 15 is 0 Å². The molecule has 2 N–H and O–H groups in total. The van der Waals surface area contributed by atoms with Crippen LogP contribution in [0.4, 0.5) is 0 Å². The van der Waals surface area contributed by atoms with E-state index in [-0.39, 0.29) is 14.9 Å². The molecule has 0 aliphatic carbocycles. The third-order valence-corrected chi connectivity index (χ3v) is 2.57. The summed E-state index contributed by atoms with van der Waals surface area (Å²) in [5.41, 5.74) is 1.66. The molecule has 0 saturated carbocycles. The monoisotopic (exact) mass is 288 g/mol. The van der Waals surface area contributed by atoms with Gasteiger partial charge >= 0.3 is 6.67 Å². The van der Waals surface area contributed by atoms with E-state index in [1.165, 1.54) is 12.4 Å². The predicted molar refractivity (Wildman–Crippen MR) is 80.3 cm³/mol. The van der Waals surface area contributed by atoms with Gasteiger partial charge in [0.05, 0.1) is 12.4 Å². The molecule has 112 valence electrons. The maximum absolute atomic E-state index is 8.42. The first-order valence-electron chi connectivity index (χ1n) is 5.65. The highest BCUT2D eigenvalue weighted by atomic mass is 16.4. The van der Waals surface area contributed by atoms with Gasteiger partial charge in [-0.2, -0.15) is 0 Å². The van der Waals surface area contributed by atoms with Gasteiger partial charge in [0.1, 0.15) is 0 Å². The highest BCUT2D eigenvalue weighted by molar-refractivity contribution is 5.78. The Balaban J connectivity index is 0.00000200. The van der Waals surface area contributed by atoms with Gasteiger partial charge in [0.25, 0.3) is 0 Å². The van der Waals surface area contributed by atoms with Gasteiger partial charge in [-0.25, -0.2) is 0 Å². The molecule has 0 atom stereocenters. The molecule has 6 nitrogen and oxygen atoms in total. The van der Waals surface area contributed by atoms with Gasteiger partial charge in [-0.1, -0.05) is 10.3 Å². The van der Waals surface area contributed by atoms with Crippen LogP contribution in [0.25, 0.3) is 0 Å². The molecule has 21 heavy (non-hydrogen) atoms. The van der Waals surface area contributed by atoms with Crippen molar-refractivity contribution in [2.45, 2.75) is 6.67 Å². The summed E-state index contributed by atoms with van der Waals surface area (Å²) in [4.78, 5) is 0. The van der Waals surface area contributed by atoms with Crippen molar-refractivity contribution in [2.24, 2.45) is 10.3 Å². The van der Waals surface area contributed by atoms with Crippen LogP contribution in [0, 0.1) is 14.9 Å². The van der Waals surface area contributed by atoms with Gasteiger partial charge in [-0.15, -0.1) is 9.13 Å². The molecule has 0 aliphatic rings. The molecule has 0 amide bonds. The Morgan fingerprint density at radius 1 is 0.762 bits per heavy atom.